The number of amides is 1. The van der Waals surface area contributed by atoms with Crippen LogP contribution in [-0.4, -0.2) is 39.7 Å². The van der Waals surface area contributed by atoms with E-state index in [1.807, 2.05) is 10.7 Å². The first-order valence-corrected chi connectivity index (χ1v) is 6.82. The van der Waals surface area contributed by atoms with Gasteiger partial charge in [0.15, 0.2) is 5.82 Å². The van der Waals surface area contributed by atoms with Crippen molar-refractivity contribution < 1.29 is 4.79 Å². The summed E-state index contributed by atoms with van der Waals surface area (Å²) in [6, 6.07) is 5.72. The van der Waals surface area contributed by atoms with Crippen LogP contribution in [0.4, 0.5) is 0 Å². The quantitative estimate of drug-likeness (QED) is 0.856. The first-order valence-electron chi connectivity index (χ1n) is 6.82. The van der Waals surface area contributed by atoms with Gasteiger partial charge in [-0.2, -0.15) is 5.10 Å². The van der Waals surface area contributed by atoms with Gasteiger partial charge in [-0.05, 0) is 31.0 Å². The third-order valence-corrected chi connectivity index (χ3v) is 3.18. The van der Waals surface area contributed by atoms with E-state index in [1.54, 1.807) is 26.4 Å². The highest BCUT2D eigenvalue weighted by Crippen LogP contribution is 2.13. The number of hydrogen-bond donors (Lipinski definition) is 0. The van der Waals surface area contributed by atoms with E-state index in [0.717, 1.165) is 30.0 Å². The van der Waals surface area contributed by atoms with E-state index < -0.39 is 0 Å². The summed E-state index contributed by atoms with van der Waals surface area (Å²) in [6.07, 6.45) is 3.40. The molecule has 0 atom stereocenters. The largest absolute Gasteiger partial charge is 0.345 e. The maximum atomic E-state index is 11.8. The maximum Gasteiger partial charge on any atom is 0.254 e. The Bertz CT molecular complexity index is 599. The molecule has 0 fully saturated rings. The Labute approximate surface area is 119 Å². The van der Waals surface area contributed by atoms with E-state index in [-0.39, 0.29) is 5.91 Å². The minimum absolute atomic E-state index is 0.0468. The highest BCUT2D eigenvalue weighted by atomic mass is 16.2. The lowest BCUT2D eigenvalue weighted by molar-refractivity contribution is 0.0827. The van der Waals surface area contributed by atoms with Crippen LogP contribution in [0.25, 0.3) is 5.82 Å². The average molecular weight is 272 g/mol. The second-order valence-corrected chi connectivity index (χ2v) is 4.85. The molecule has 0 unspecified atom stereocenters. The number of nitrogens with zero attached hydrogens (tertiary/aromatic N) is 4. The molecule has 0 saturated carbocycles. The van der Waals surface area contributed by atoms with Crippen molar-refractivity contribution in [3.05, 3.63) is 41.3 Å². The summed E-state index contributed by atoms with van der Waals surface area (Å²) in [4.78, 5) is 17.7. The number of carbonyl (C=O) groups excluding carboxylic acids is 1. The molecule has 0 aliphatic carbocycles. The molecule has 2 aromatic rings. The summed E-state index contributed by atoms with van der Waals surface area (Å²) in [7, 11) is 3.46. The maximum absolute atomic E-state index is 11.8. The summed E-state index contributed by atoms with van der Waals surface area (Å²) in [5.41, 5.74) is 2.76. The van der Waals surface area contributed by atoms with Gasteiger partial charge in [0.25, 0.3) is 5.91 Å². The summed E-state index contributed by atoms with van der Waals surface area (Å²) < 4.78 is 1.85. The zero-order valence-electron chi connectivity index (χ0n) is 12.4. The number of pyridine rings is 1. The van der Waals surface area contributed by atoms with Crippen LogP contribution in [0, 0.1) is 0 Å². The topological polar surface area (TPSA) is 51.0 Å². The fraction of sp³-hybridized carbons (Fsp3) is 0.400. The molecule has 20 heavy (non-hydrogen) atoms. The van der Waals surface area contributed by atoms with Crippen molar-refractivity contribution in [1.29, 1.82) is 0 Å². The summed E-state index contributed by atoms with van der Waals surface area (Å²) in [6.45, 7) is 4.18. The van der Waals surface area contributed by atoms with Crippen LogP contribution in [0.3, 0.4) is 0 Å². The van der Waals surface area contributed by atoms with Gasteiger partial charge in [-0.3, -0.25) is 4.79 Å². The van der Waals surface area contributed by atoms with Gasteiger partial charge in [-0.15, -0.1) is 0 Å². The SMILES string of the molecule is CCc1cc(CC)n(-c2ccc(C(=O)N(C)C)cn2)n1. The predicted molar refractivity (Wildman–Crippen MR) is 78.1 cm³/mol. The van der Waals surface area contributed by atoms with Crippen LogP contribution >= 0.6 is 0 Å². The molecule has 0 radical (unpaired) electrons. The number of hydrogen-bond acceptors (Lipinski definition) is 3. The summed E-state index contributed by atoms with van der Waals surface area (Å²) in [5.74, 6) is 0.700. The fourth-order valence-electron chi connectivity index (χ4n) is 1.99. The number of rotatable bonds is 4. The molecule has 0 aliphatic rings. The lowest BCUT2D eigenvalue weighted by Crippen LogP contribution is -2.21. The van der Waals surface area contributed by atoms with E-state index in [2.05, 4.69) is 30.0 Å². The average Bonchev–Trinajstić information content (AvgIpc) is 2.90. The van der Waals surface area contributed by atoms with Crippen LogP contribution in [-0.2, 0) is 12.8 Å². The molecule has 5 heteroatoms. The van der Waals surface area contributed by atoms with Gasteiger partial charge in [0.05, 0.1) is 11.3 Å². The van der Waals surface area contributed by atoms with Crippen LogP contribution in [0.15, 0.2) is 24.4 Å². The molecule has 0 aliphatic heterocycles. The number of aromatic nitrogens is 3. The third kappa shape index (κ3) is 2.71. The molecule has 2 aromatic heterocycles. The Hall–Kier alpha value is -2.17. The molecule has 0 spiro atoms. The Morgan fingerprint density at radius 1 is 1.25 bits per heavy atom. The molecular formula is C15H20N4O. The van der Waals surface area contributed by atoms with E-state index in [1.165, 1.54) is 4.90 Å². The van der Waals surface area contributed by atoms with E-state index in [0.29, 0.717) is 5.56 Å². The normalized spacial score (nSPS) is 10.6. The first kappa shape index (κ1) is 14.2. The molecule has 1 amide bonds. The molecule has 0 aromatic carbocycles. The highest BCUT2D eigenvalue weighted by molar-refractivity contribution is 5.93. The van der Waals surface area contributed by atoms with Gasteiger partial charge in [-0.25, -0.2) is 9.67 Å². The Kier molecular flexibility index (Phi) is 4.17. The molecular weight excluding hydrogens is 252 g/mol. The minimum atomic E-state index is -0.0468. The Morgan fingerprint density at radius 3 is 2.50 bits per heavy atom. The van der Waals surface area contributed by atoms with Crippen molar-refractivity contribution in [1.82, 2.24) is 19.7 Å². The second kappa shape index (κ2) is 5.86. The van der Waals surface area contributed by atoms with E-state index in [4.69, 9.17) is 0 Å². The van der Waals surface area contributed by atoms with Gasteiger partial charge in [-0.1, -0.05) is 13.8 Å². The molecule has 0 N–H and O–H groups in total. The Balaban J connectivity index is 2.34. The summed E-state index contributed by atoms with van der Waals surface area (Å²) >= 11 is 0. The van der Waals surface area contributed by atoms with Crippen molar-refractivity contribution in [3.63, 3.8) is 0 Å². The number of aryl methyl sites for hydroxylation is 2. The fourth-order valence-corrected chi connectivity index (χ4v) is 1.99. The molecule has 106 valence electrons. The van der Waals surface area contributed by atoms with Gasteiger partial charge in [0.2, 0.25) is 0 Å². The van der Waals surface area contributed by atoms with Crippen molar-refractivity contribution in [2.45, 2.75) is 26.7 Å². The van der Waals surface area contributed by atoms with Crippen LogP contribution in [0.2, 0.25) is 0 Å². The van der Waals surface area contributed by atoms with E-state index in [9.17, 15) is 4.79 Å². The highest BCUT2D eigenvalue weighted by Gasteiger charge is 2.11. The molecule has 0 bridgehead atoms. The molecule has 0 saturated heterocycles. The number of carbonyl (C=O) groups is 1. The zero-order valence-corrected chi connectivity index (χ0v) is 12.4. The van der Waals surface area contributed by atoms with Crippen LogP contribution < -0.4 is 0 Å². The second-order valence-electron chi connectivity index (χ2n) is 4.85. The minimum Gasteiger partial charge on any atom is -0.345 e. The van der Waals surface area contributed by atoms with Gasteiger partial charge >= 0.3 is 0 Å². The van der Waals surface area contributed by atoms with Crippen molar-refractivity contribution in [2.75, 3.05) is 14.1 Å². The standard InChI is InChI=1S/C15H20N4O/c1-5-12-9-13(6-2)19(17-12)14-8-7-11(10-16-14)15(20)18(3)4/h7-10H,5-6H2,1-4H3. The summed E-state index contributed by atoms with van der Waals surface area (Å²) in [5, 5.41) is 4.54. The van der Waals surface area contributed by atoms with Crippen molar-refractivity contribution >= 4 is 5.91 Å². The lowest BCUT2D eigenvalue weighted by Gasteiger charge is -2.10. The van der Waals surface area contributed by atoms with Gasteiger partial charge in [0.1, 0.15) is 0 Å². The predicted octanol–water partition coefficient (Wildman–Crippen LogP) is 2.09. The third-order valence-electron chi connectivity index (χ3n) is 3.18. The van der Waals surface area contributed by atoms with Gasteiger partial charge < -0.3 is 4.90 Å². The van der Waals surface area contributed by atoms with E-state index >= 15 is 0 Å². The van der Waals surface area contributed by atoms with Crippen LogP contribution in [0.5, 0.6) is 0 Å². The van der Waals surface area contributed by atoms with Crippen molar-refractivity contribution in [2.24, 2.45) is 0 Å². The van der Waals surface area contributed by atoms with Gasteiger partial charge in [0, 0.05) is 26.0 Å². The van der Waals surface area contributed by atoms with Crippen LogP contribution in [0.1, 0.15) is 35.6 Å². The van der Waals surface area contributed by atoms with Crippen molar-refractivity contribution in [3.8, 4) is 5.82 Å². The zero-order chi connectivity index (χ0) is 14.7. The molecule has 5 nitrogen and oxygen atoms in total. The Morgan fingerprint density at radius 2 is 2.00 bits per heavy atom. The molecule has 2 heterocycles. The molecule has 2 rings (SSSR count). The first-order chi connectivity index (χ1) is 9.56. The lowest BCUT2D eigenvalue weighted by atomic mass is 10.2. The monoisotopic (exact) mass is 272 g/mol. The smallest absolute Gasteiger partial charge is 0.254 e.